The summed E-state index contributed by atoms with van der Waals surface area (Å²) in [6.45, 7) is -0.0186. The topological polar surface area (TPSA) is 93.4 Å². The zero-order valence-electron chi connectivity index (χ0n) is 8.82. The van der Waals surface area contributed by atoms with E-state index in [9.17, 15) is 9.59 Å². The molecule has 0 aliphatic rings. The third-order valence-corrected chi connectivity index (χ3v) is 1.81. The average molecular weight is 223 g/mol. The highest BCUT2D eigenvalue weighted by Crippen LogP contribution is 2.14. The van der Waals surface area contributed by atoms with Crippen molar-refractivity contribution in [2.45, 2.75) is 0 Å². The molecular formula is C10H13N3O3. The molecule has 1 rings (SSSR count). The van der Waals surface area contributed by atoms with E-state index in [-0.39, 0.29) is 6.54 Å². The molecule has 0 radical (unpaired) electrons. The number of hydrogen-bond donors (Lipinski definition) is 3. The highest BCUT2D eigenvalue weighted by molar-refractivity contribution is 5.95. The largest absolute Gasteiger partial charge is 0.497 e. The van der Waals surface area contributed by atoms with E-state index in [4.69, 9.17) is 10.5 Å². The summed E-state index contributed by atoms with van der Waals surface area (Å²) in [4.78, 5) is 21.4. The number of benzene rings is 1. The Hall–Kier alpha value is -2.24. The number of nitrogens with two attached hydrogens (primary N) is 1. The molecule has 0 heterocycles. The van der Waals surface area contributed by atoms with E-state index in [0.29, 0.717) is 0 Å². The van der Waals surface area contributed by atoms with Gasteiger partial charge < -0.3 is 15.8 Å². The fourth-order valence-electron chi connectivity index (χ4n) is 1.07. The van der Waals surface area contributed by atoms with Crippen LogP contribution in [0.1, 0.15) is 0 Å². The standard InChI is InChI=1S/C10H13N3O3/c1-16-8-4-2-7(3-5-8)12-6-9(14)13-10(11)15/h2-5,12H,6H2,1H3,(H3,11,13,14,15). The quantitative estimate of drug-likeness (QED) is 0.684. The number of amides is 3. The molecule has 1 aromatic rings. The summed E-state index contributed by atoms with van der Waals surface area (Å²) in [5.74, 6) is 0.246. The Labute approximate surface area is 92.8 Å². The summed E-state index contributed by atoms with van der Waals surface area (Å²) < 4.78 is 4.98. The number of carbonyl (C=O) groups is 2. The van der Waals surface area contributed by atoms with Crippen molar-refractivity contribution in [2.24, 2.45) is 5.73 Å². The number of hydrogen-bond acceptors (Lipinski definition) is 4. The van der Waals surface area contributed by atoms with Gasteiger partial charge >= 0.3 is 6.03 Å². The van der Waals surface area contributed by atoms with Crippen LogP contribution in [0.2, 0.25) is 0 Å². The molecule has 0 fully saturated rings. The van der Waals surface area contributed by atoms with Gasteiger partial charge in [0.15, 0.2) is 0 Å². The summed E-state index contributed by atoms with van der Waals surface area (Å²) in [5.41, 5.74) is 5.54. The van der Waals surface area contributed by atoms with Crippen LogP contribution in [0.5, 0.6) is 5.75 Å². The van der Waals surface area contributed by atoms with Crippen molar-refractivity contribution in [3.8, 4) is 5.75 Å². The lowest BCUT2D eigenvalue weighted by molar-refractivity contribution is -0.118. The molecule has 0 bridgehead atoms. The lowest BCUT2D eigenvalue weighted by Crippen LogP contribution is -2.38. The van der Waals surface area contributed by atoms with E-state index >= 15 is 0 Å². The van der Waals surface area contributed by atoms with Crippen LogP contribution in [0.25, 0.3) is 0 Å². The first-order valence-corrected chi connectivity index (χ1v) is 4.59. The van der Waals surface area contributed by atoms with Gasteiger partial charge in [-0.15, -0.1) is 0 Å². The molecule has 0 aliphatic heterocycles. The van der Waals surface area contributed by atoms with Crippen LogP contribution in [-0.4, -0.2) is 25.6 Å². The van der Waals surface area contributed by atoms with Gasteiger partial charge in [-0.2, -0.15) is 0 Å². The van der Waals surface area contributed by atoms with Gasteiger partial charge in [0.1, 0.15) is 5.75 Å². The first-order chi connectivity index (χ1) is 7.61. The average Bonchev–Trinajstić information content (AvgIpc) is 2.26. The van der Waals surface area contributed by atoms with Gasteiger partial charge in [0, 0.05) is 5.69 Å². The number of urea groups is 1. The van der Waals surface area contributed by atoms with Gasteiger partial charge in [-0.1, -0.05) is 0 Å². The lowest BCUT2D eigenvalue weighted by Gasteiger charge is -2.06. The third kappa shape index (κ3) is 3.87. The molecule has 0 atom stereocenters. The molecule has 6 nitrogen and oxygen atoms in total. The summed E-state index contributed by atoms with van der Waals surface area (Å²) >= 11 is 0. The van der Waals surface area contributed by atoms with E-state index < -0.39 is 11.9 Å². The van der Waals surface area contributed by atoms with E-state index in [1.54, 1.807) is 31.4 Å². The summed E-state index contributed by atoms with van der Waals surface area (Å²) in [5, 5.41) is 4.77. The van der Waals surface area contributed by atoms with E-state index in [1.807, 2.05) is 5.32 Å². The second-order valence-corrected chi connectivity index (χ2v) is 2.99. The Bertz CT molecular complexity index is 375. The highest BCUT2D eigenvalue weighted by Gasteiger charge is 2.03. The maximum absolute atomic E-state index is 11.1. The minimum Gasteiger partial charge on any atom is -0.497 e. The molecule has 6 heteroatoms. The first-order valence-electron chi connectivity index (χ1n) is 4.59. The van der Waals surface area contributed by atoms with Gasteiger partial charge in [0.25, 0.3) is 0 Å². The maximum atomic E-state index is 11.1. The fraction of sp³-hybridized carbons (Fsp3) is 0.200. The molecule has 86 valence electrons. The van der Waals surface area contributed by atoms with Crippen LogP contribution in [0.4, 0.5) is 10.5 Å². The zero-order chi connectivity index (χ0) is 12.0. The van der Waals surface area contributed by atoms with Crippen molar-refractivity contribution in [2.75, 3.05) is 19.0 Å². The van der Waals surface area contributed by atoms with E-state index in [0.717, 1.165) is 11.4 Å². The third-order valence-electron chi connectivity index (χ3n) is 1.81. The van der Waals surface area contributed by atoms with Crippen LogP contribution < -0.4 is 21.1 Å². The zero-order valence-corrected chi connectivity index (χ0v) is 8.82. The van der Waals surface area contributed by atoms with Gasteiger partial charge in [-0.05, 0) is 24.3 Å². The smallest absolute Gasteiger partial charge is 0.318 e. The molecule has 4 N–H and O–H groups in total. The second kappa shape index (κ2) is 5.59. The van der Waals surface area contributed by atoms with Crippen molar-refractivity contribution in [3.05, 3.63) is 24.3 Å². The second-order valence-electron chi connectivity index (χ2n) is 2.99. The Morgan fingerprint density at radius 1 is 1.31 bits per heavy atom. The first kappa shape index (κ1) is 11.8. The van der Waals surface area contributed by atoms with E-state index in [1.165, 1.54) is 0 Å². The molecule has 0 aromatic heterocycles. The molecule has 0 aliphatic carbocycles. The van der Waals surface area contributed by atoms with Gasteiger partial charge in [-0.3, -0.25) is 10.1 Å². The van der Waals surface area contributed by atoms with Crippen LogP contribution in [0.15, 0.2) is 24.3 Å². The van der Waals surface area contributed by atoms with Crippen molar-refractivity contribution >= 4 is 17.6 Å². The number of primary amides is 1. The number of imide groups is 1. The summed E-state index contributed by atoms with van der Waals surface area (Å²) in [6, 6.07) is 6.18. The molecule has 3 amide bonds. The number of ether oxygens (including phenoxy) is 1. The van der Waals surface area contributed by atoms with Crippen molar-refractivity contribution in [1.82, 2.24) is 5.32 Å². The number of anilines is 1. The summed E-state index contributed by atoms with van der Waals surface area (Å²) in [7, 11) is 1.57. The van der Waals surface area contributed by atoms with Gasteiger partial charge in [0.05, 0.1) is 13.7 Å². The number of nitrogens with one attached hydrogen (secondary N) is 2. The van der Waals surface area contributed by atoms with E-state index in [2.05, 4.69) is 5.32 Å². The van der Waals surface area contributed by atoms with Crippen LogP contribution in [0, 0.1) is 0 Å². The number of carbonyl (C=O) groups excluding carboxylic acids is 2. The normalized spacial score (nSPS) is 9.31. The van der Waals surface area contributed by atoms with Crippen LogP contribution in [-0.2, 0) is 4.79 Å². The maximum Gasteiger partial charge on any atom is 0.318 e. The Balaban J connectivity index is 2.42. The highest BCUT2D eigenvalue weighted by atomic mass is 16.5. The fourth-order valence-corrected chi connectivity index (χ4v) is 1.07. The summed E-state index contributed by atoms with van der Waals surface area (Å²) in [6.07, 6.45) is 0. The van der Waals surface area contributed by atoms with Crippen molar-refractivity contribution < 1.29 is 14.3 Å². The van der Waals surface area contributed by atoms with Crippen LogP contribution >= 0.6 is 0 Å². The molecule has 0 spiro atoms. The van der Waals surface area contributed by atoms with Gasteiger partial charge in [0.2, 0.25) is 5.91 Å². The number of rotatable bonds is 4. The predicted octanol–water partition coefficient (Wildman–Crippen LogP) is 0.302. The van der Waals surface area contributed by atoms with Crippen molar-refractivity contribution in [1.29, 1.82) is 0 Å². The Morgan fingerprint density at radius 2 is 1.94 bits per heavy atom. The predicted molar refractivity (Wildman–Crippen MR) is 59.2 cm³/mol. The molecule has 16 heavy (non-hydrogen) atoms. The Morgan fingerprint density at radius 3 is 2.44 bits per heavy atom. The molecule has 0 saturated heterocycles. The minimum atomic E-state index is -0.860. The van der Waals surface area contributed by atoms with Crippen LogP contribution in [0.3, 0.4) is 0 Å². The number of methoxy groups -OCH3 is 1. The van der Waals surface area contributed by atoms with Gasteiger partial charge in [-0.25, -0.2) is 4.79 Å². The SMILES string of the molecule is COc1ccc(NCC(=O)NC(N)=O)cc1. The molecule has 0 saturated carbocycles. The monoisotopic (exact) mass is 223 g/mol. The minimum absolute atomic E-state index is 0.0186. The molecular weight excluding hydrogens is 210 g/mol. The Kier molecular flexibility index (Phi) is 4.14. The molecule has 0 unspecified atom stereocenters. The lowest BCUT2D eigenvalue weighted by atomic mass is 10.3. The van der Waals surface area contributed by atoms with Crippen molar-refractivity contribution in [3.63, 3.8) is 0 Å². The molecule has 1 aromatic carbocycles.